The van der Waals surface area contributed by atoms with Crippen molar-refractivity contribution in [1.29, 1.82) is 0 Å². The number of rotatable bonds is 8. The molecule has 2 saturated carbocycles. The largest absolute Gasteiger partial charge is 0.481 e. The Kier molecular flexibility index (Phi) is 5.79. The predicted octanol–water partition coefficient (Wildman–Crippen LogP) is 3.53. The summed E-state index contributed by atoms with van der Waals surface area (Å²) in [5, 5.41) is 14.5. The van der Waals surface area contributed by atoms with Gasteiger partial charge in [0.1, 0.15) is 12.6 Å². The molecule has 33 heavy (non-hydrogen) atoms. The van der Waals surface area contributed by atoms with Gasteiger partial charge in [0.05, 0.1) is 6.42 Å². The van der Waals surface area contributed by atoms with Crippen LogP contribution in [0.25, 0.3) is 11.1 Å². The van der Waals surface area contributed by atoms with Gasteiger partial charge in [0.25, 0.3) is 0 Å². The molecular weight excluding hydrogens is 420 g/mol. The Morgan fingerprint density at radius 1 is 0.939 bits per heavy atom. The van der Waals surface area contributed by atoms with Gasteiger partial charge in [-0.2, -0.15) is 0 Å². The van der Waals surface area contributed by atoms with E-state index in [1.807, 2.05) is 36.4 Å². The maximum atomic E-state index is 12.6. The summed E-state index contributed by atoms with van der Waals surface area (Å²) in [7, 11) is 0. The second kappa shape index (κ2) is 8.89. The van der Waals surface area contributed by atoms with Crippen molar-refractivity contribution in [1.82, 2.24) is 10.6 Å². The first-order chi connectivity index (χ1) is 16.0. The summed E-state index contributed by atoms with van der Waals surface area (Å²) in [6.07, 6.45) is 2.25. The molecule has 7 nitrogen and oxygen atoms in total. The lowest BCUT2D eigenvalue weighted by molar-refractivity contribution is -0.139. The zero-order valence-corrected chi connectivity index (χ0v) is 18.3. The first-order valence-corrected chi connectivity index (χ1v) is 11.6. The van der Waals surface area contributed by atoms with Gasteiger partial charge in [-0.1, -0.05) is 48.5 Å². The van der Waals surface area contributed by atoms with Crippen LogP contribution in [0.5, 0.6) is 0 Å². The molecule has 3 unspecified atom stereocenters. The molecule has 2 amide bonds. The molecule has 0 bridgehead atoms. The zero-order valence-electron chi connectivity index (χ0n) is 18.3. The number of hydrogen-bond acceptors (Lipinski definition) is 4. The highest BCUT2D eigenvalue weighted by Gasteiger charge is 2.45. The highest BCUT2D eigenvalue weighted by Crippen LogP contribution is 2.54. The van der Waals surface area contributed by atoms with Crippen molar-refractivity contribution < 1.29 is 24.2 Å². The average molecular weight is 449 g/mol. The van der Waals surface area contributed by atoms with Crippen molar-refractivity contribution >= 4 is 18.0 Å². The number of fused-ring (bicyclic) bond motifs is 4. The van der Waals surface area contributed by atoms with Crippen molar-refractivity contribution in [2.75, 3.05) is 13.2 Å². The number of carbonyl (C=O) groups is 3. The number of amides is 2. The Labute approximate surface area is 192 Å². The Morgan fingerprint density at radius 3 is 2.15 bits per heavy atom. The molecule has 0 saturated heterocycles. The van der Waals surface area contributed by atoms with Crippen LogP contribution in [0.2, 0.25) is 0 Å². The Balaban J connectivity index is 1.18. The van der Waals surface area contributed by atoms with Gasteiger partial charge in [0.15, 0.2) is 0 Å². The number of aliphatic carboxylic acids is 1. The van der Waals surface area contributed by atoms with E-state index in [0.29, 0.717) is 12.5 Å². The first kappa shape index (κ1) is 21.5. The summed E-state index contributed by atoms with van der Waals surface area (Å²) in [4.78, 5) is 36.4. The minimum absolute atomic E-state index is 0.103. The van der Waals surface area contributed by atoms with E-state index in [1.54, 1.807) is 0 Å². The van der Waals surface area contributed by atoms with E-state index >= 15 is 0 Å². The average Bonchev–Trinajstić information content (AvgIpc) is 3.28. The molecule has 0 spiro atoms. The molecule has 7 heteroatoms. The number of carbonyl (C=O) groups excluding carboxylic acids is 2. The highest BCUT2D eigenvalue weighted by molar-refractivity contribution is 5.89. The summed E-state index contributed by atoms with van der Waals surface area (Å²) >= 11 is 0. The molecule has 0 aromatic heterocycles. The highest BCUT2D eigenvalue weighted by atomic mass is 16.5. The summed E-state index contributed by atoms with van der Waals surface area (Å²) < 4.78 is 5.48. The molecule has 0 aliphatic heterocycles. The van der Waals surface area contributed by atoms with E-state index in [-0.39, 0.29) is 12.5 Å². The van der Waals surface area contributed by atoms with Gasteiger partial charge < -0.3 is 20.5 Å². The minimum atomic E-state index is -1.17. The van der Waals surface area contributed by atoms with E-state index in [0.717, 1.165) is 46.9 Å². The number of hydrogen-bond donors (Lipinski definition) is 3. The van der Waals surface area contributed by atoms with Crippen molar-refractivity contribution in [2.24, 2.45) is 17.8 Å². The third-order valence-corrected chi connectivity index (χ3v) is 7.24. The summed E-state index contributed by atoms with van der Waals surface area (Å²) in [5.74, 6) is 0.311. The lowest BCUT2D eigenvalue weighted by atomic mass is 9.98. The van der Waals surface area contributed by atoms with Crippen LogP contribution >= 0.6 is 0 Å². The van der Waals surface area contributed by atoms with Crippen LogP contribution < -0.4 is 10.6 Å². The zero-order chi connectivity index (χ0) is 22.9. The molecule has 3 aliphatic carbocycles. The fraction of sp³-hybridized carbons (Fsp3) is 0.423. The Morgan fingerprint density at radius 2 is 1.55 bits per heavy atom. The topological polar surface area (TPSA) is 105 Å². The number of alkyl carbamates (subject to hydrolysis) is 1. The van der Waals surface area contributed by atoms with Crippen molar-refractivity contribution in [3.63, 3.8) is 0 Å². The van der Waals surface area contributed by atoms with Crippen LogP contribution in [0.4, 0.5) is 4.79 Å². The fourth-order valence-corrected chi connectivity index (χ4v) is 5.54. The summed E-state index contributed by atoms with van der Waals surface area (Å²) in [6, 6.07) is 14.9. The second-order valence-electron chi connectivity index (χ2n) is 9.46. The molecule has 2 fully saturated rings. The molecule has 0 radical (unpaired) electrons. The number of benzene rings is 2. The smallest absolute Gasteiger partial charge is 0.407 e. The third kappa shape index (κ3) is 4.58. The Hall–Kier alpha value is -3.35. The molecule has 3 aliphatic rings. The SMILES string of the molecule is O=C(O)CC(NC(=O)OCC1c2ccccc2-c2ccccc21)C(=O)NCC1CC2CC2C1. The quantitative estimate of drug-likeness (QED) is 0.573. The molecule has 3 atom stereocenters. The van der Waals surface area contributed by atoms with Crippen LogP contribution in [-0.4, -0.2) is 42.3 Å². The van der Waals surface area contributed by atoms with Gasteiger partial charge >= 0.3 is 12.1 Å². The van der Waals surface area contributed by atoms with Crippen molar-refractivity contribution in [3.05, 3.63) is 59.7 Å². The maximum Gasteiger partial charge on any atom is 0.407 e. The molecule has 0 heterocycles. The lowest BCUT2D eigenvalue weighted by Crippen LogP contribution is -2.49. The van der Waals surface area contributed by atoms with Gasteiger partial charge in [0, 0.05) is 12.5 Å². The van der Waals surface area contributed by atoms with Crippen LogP contribution in [0.3, 0.4) is 0 Å². The van der Waals surface area contributed by atoms with Crippen LogP contribution in [0, 0.1) is 17.8 Å². The first-order valence-electron chi connectivity index (χ1n) is 11.6. The standard InChI is InChI=1S/C26H28N2O5/c29-24(30)12-23(25(31)27-13-15-9-16-11-17(16)10-15)28-26(32)33-14-22-20-7-3-1-5-18(20)19-6-2-4-8-21(19)22/h1-8,15-17,22-23H,9-14H2,(H,27,31)(H,28,32)(H,29,30). The van der Waals surface area contributed by atoms with Gasteiger partial charge in [0.2, 0.25) is 5.91 Å². The molecular formula is C26H28N2O5. The van der Waals surface area contributed by atoms with Gasteiger partial charge in [-0.25, -0.2) is 4.79 Å². The van der Waals surface area contributed by atoms with E-state index < -0.39 is 30.4 Å². The predicted molar refractivity (Wildman–Crippen MR) is 122 cm³/mol. The molecule has 2 aromatic carbocycles. The fourth-order valence-electron chi connectivity index (χ4n) is 5.54. The van der Waals surface area contributed by atoms with Crippen LogP contribution in [0.1, 0.15) is 42.7 Å². The lowest BCUT2D eigenvalue weighted by Gasteiger charge is -2.20. The van der Waals surface area contributed by atoms with Gasteiger partial charge in [-0.3, -0.25) is 9.59 Å². The number of nitrogens with one attached hydrogen (secondary N) is 2. The molecule has 3 N–H and O–H groups in total. The summed E-state index contributed by atoms with van der Waals surface area (Å²) in [6.45, 7) is 0.625. The normalized spacial score (nSPS) is 23.1. The monoisotopic (exact) mass is 448 g/mol. The maximum absolute atomic E-state index is 12.6. The van der Waals surface area contributed by atoms with Gasteiger partial charge in [-0.15, -0.1) is 0 Å². The summed E-state index contributed by atoms with van der Waals surface area (Å²) in [5.41, 5.74) is 4.41. The number of carboxylic acids is 1. The third-order valence-electron chi connectivity index (χ3n) is 7.24. The van der Waals surface area contributed by atoms with Crippen LogP contribution in [-0.2, 0) is 14.3 Å². The second-order valence-corrected chi connectivity index (χ2v) is 9.46. The van der Waals surface area contributed by atoms with E-state index in [1.165, 1.54) is 6.42 Å². The van der Waals surface area contributed by atoms with E-state index in [4.69, 9.17) is 4.74 Å². The van der Waals surface area contributed by atoms with Crippen LogP contribution in [0.15, 0.2) is 48.5 Å². The van der Waals surface area contributed by atoms with Gasteiger partial charge in [-0.05, 0) is 59.3 Å². The molecule has 5 rings (SSSR count). The number of ether oxygens (including phenoxy) is 1. The van der Waals surface area contributed by atoms with E-state index in [9.17, 15) is 19.5 Å². The minimum Gasteiger partial charge on any atom is -0.481 e. The molecule has 172 valence electrons. The Bertz CT molecular complexity index is 1030. The number of carboxylic acid groups (broad SMARTS) is 1. The van der Waals surface area contributed by atoms with Crippen molar-refractivity contribution in [3.8, 4) is 11.1 Å². The van der Waals surface area contributed by atoms with E-state index in [2.05, 4.69) is 22.8 Å². The van der Waals surface area contributed by atoms with Crippen molar-refractivity contribution in [2.45, 2.75) is 37.6 Å². The molecule has 2 aromatic rings.